The maximum absolute atomic E-state index is 12.6. The molecule has 0 bridgehead atoms. The largest absolute Gasteiger partial charge is 0.310 e. The number of hydrogen-bond donors (Lipinski definition) is 2. The number of primary sulfonamides is 1. The fourth-order valence-electron chi connectivity index (χ4n) is 1.87. The summed E-state index contributed by atoms with van der Waals surface area (Å²) in [6.45, 7) is 4.55. The van der Waals surface area contributed by atoms with E-state index in [2.05, 4.69) is 5.32 Å². The van der Waals surface area contributed by atoms with Gasteiger partial charge in [-0.2, -0.15) is 0 Å². The van der Waals surface area contributed by atoms with Crippen LogP contribution in [0, 0.1) is 0 Å². The van der Waals surface area contributed by atoms with Gasteiger partial charge in [-0.3, -0.25) is 0 Å². The van der Waals surface area contributed by atoms with E-state index >= 15 is 0 Å². The molecule has 0 atom stereocenters. The number of rotatable bonds is 6. The van der Waals surface area contributed by atoms with Crippen molar-refractivity contribution in [1.82, 2.24) is 5.32 Å². The number of hydrogen-bond acceptors (Lipinski definition) is 6. The zero-order chi connectivity index (χ0) is 17.3. The van der Waals surface area contributed by atoms with E-state index in [1.807, 2.05) is 19.9 Å². The first-order valence-corrected chi connectivity index (χ1v) is 10.7. The molecule has 1 aromatic carbocycles. The van der Waals surface area contributed by atoms with Crippen LogP contribution in [0.1, 0.15) is 19.4 Å². The molecule has 6 nitrogen and oxygen atoms in total. The van der Waals surface area contributed by atoms with Crippen molar-refractivity contribution >= 4 is 31.2 Å². The van der Waals surface area contributed by atoms with Crippen LogP contribution in [0.5, 0.6) is 0 Å². The number of thiophene rings is 1. The van der Waals surface area contributed by atoms with Crippen LogP contribution in [0.2, 0.25) is 0 Å². The summed E-state index contributed by atoms with van der Waals surface area (Å²) in [7, 11) is -7.68. The van der Waals surface area contributed by atoms with Crippen LogP contribution in [-0.4, -0.2) is 22.9 Å². The summed E-state index contributed by atoms with van der Waals surface area (Å²) in [5.74, 6) is 0. The third kappa shape index (κ3) is 4.39. The molecule has 0 spiro atoms. The minimum absolute atomic E-state index is 0.0690. The first kappa shape index (κ1) is 18.1. The summed E-state index contributed by atoms with van der Waals surface area (Å²) in [5.41, 5.74) is 0.835. The van der Waals surface area contributed by atoms with Gasteiger partial charge in [0.15, 0.2) is 0 Å². The Balaban J connectivity index is 2.36. The Morgan fingerprint density at radius 3 is 2.39 bits per heavy atom. The van der Waals surface area contributed by atoms with E-state index in [1.165, 1.54) is 11.4 Å². The second-order valence-corrected chi connectivity index (χ2v) is 9.98. The normalized spacial score (nSPS) is 12.7. The average Bonchev–Trinajstić information content (AvgIpc) is 2.96. The van der Waals surface area contributed by atoms with E-state index < -0.39 is 19.9 Å². The topological polar surface area (TPSA) is 106 Å². The first-order valence-electron chi connectivity index (χ1n) is 6.79. The summed E-state index contributed by atoms with van der Waals surface area (Å²) in [6.07, 6.45) is 0. The van der Waals surface area contributed by atoms with Gasteiger partial charge in [-0.25, -0.2) is 22.0 Å². The Labute approximate surface area is 140 Å². The molecule has 1 aromatic heterocycles. The van der Waals surface area contributed by atoms with Crippen LogP contribution in [-0.2, 0) is 26.4 Å². The molecule has 0 saturated heterocycles. The lowest BCUT2D eigenvalue weighted by molar-refractivity contribution is 0.586. The molecule has 1 heterocycles. The first-order chi connectivity index (χ1) is 10.6. The van der Waals surface area contributed by atoms with Crippen molar-refractivity contribution in [3.63, 3.8) is 0 Å². The van der Waals surface area contributed by atoms with Gasteiger partial charge in [-0.15, -0.1) is 11.3 Å². The number of benzene rings is 1. The molecule has 0 aliphatic carbocycles. The van der Waals surface area contributed by atoms with Crippen molar-refractivity contribution in [3.05, 3.63) is 41.3 Å². The molecule has 2 rings (SSSR count). The highest BCUT2D eigenvalue weighted by atomic mass is 32.2. The lowest BCUT2D eigenvalue weighted by Crippen LogP contribution is -2.21. The average molecular weight is 375 g/mol. The maximum Gasteiger partial charge on any atom is 0.247 e. The van der Waals surface area contributed by atoms with Crippen molar-refractivity contribution in [3.8, 4) is 0 Å². The van der Waals surface area contributed by atoms with Gasteiger partial charge in [0.25, 0.3) is 0 Å². The third-order valence-corrected chi connectivity index (χ3v) is 7.33. The van der Waals surface area contributed by atoms with Crippen molar-refractivity contribution in [2.45, 2.75) is 40.4 Å². The summed E-state index contributed by atoms with van der Waals surface area (Å²) in [4.78, 5) is 0.0554. The molecule has 0 radical (unpaired) electrons. The van der Waals surface area contributed by atoms with Gasteiger partial charge < -0.3 is 5.32 Å². The van der Waals surface area contributed by atoms with Gasteiger partial charge in [-0.05, 0) is 23.8 Å². The molecule has 23 heavy (non-hydrogen) atoms. The van der Waals surface area contributed by atoms with Gasteiger partial charge in [-0.1, -0.05) is 26.0 Å². The van der Waals surface area contributed by atoms with Crippen LogP contribution in [0.15, 0.2) is 49.7 Å². The van der Waals surface area contributed by atoms with E-state index in [1.54, 1.807) is 12.1 Å². The molecule has 126 valence electrons. The zero-order valence-corrected chi connectivity index (χ0v) is 15.1. The van der Waals surface area contributed by atoms with Gasteiger partial charge in [0.05, 0.1) is 9.79 Å². The van der Waals surface area contributed by atoms with E-state index in [0.29, 0.717) is 6.54 Å². The maximum atomic E-state index is 12.6. The van der Waals surface area contributed by atoms with Crippen LogP contribution in [0.4, 0.5) is 0 Å². The van der Waals surface area contributed by atoms with Gasteiger partial charge in [0.2, 0.25) is 19.9 Å². The molecular formula is C14H18N2O4S3. The van der Waals surface area contributed by atoms with Crippen LogP contribution in [0.25, 0.3) is 0 Å². The minimum Gasteiger partial charge on any atom is -0.310 e. The molecule has 0 saturated carbocycles. The Morgan fingerprint density at radius 2 is 1.83 bits per heavy atom. The van der Waals surface area contributed by atoms with E-state index in [4.69, 9.17) is 5.14 Å². The lowest BCUT2D eigenvalue weighted by Gasteiger charge is -2.09. The van der Waals surface area contributed by atoms with Crippen molar-refractivity contribution in [1.29, 1.82) is 0 Å². The van der Waals surface area contributed by atoms with Gasteiger partial charge >= 0.3 is 0 Å². The van der Waals surface area contributed by atoms with E-state index in [-0.39, 0.29) is 20.0 Å². The Kier molecular flexibility index (Phi) is 5.27. The summed E-state index contributed by atoms with van der Waals surface area (Å²) >= 11 is 0.792. The van der Waals surface area contributed by atoms with Crippen LogP contribution < -0.4 is 10.5 Å². The number of sulfonamides is 1. The van der Waals surface area contributed by atoms with Gasteiger partial charge in [0.1, 0.15) is 4.21 Å². The highest BCUT2D eigenvalue weighted by molar-refractivity contribution is 7.92. The quantitative estimate of drug-likeness (QED) is 0.801. The number of nitrogens with one attached hydrogen (secondary N) is 1. The van der Waals surface area contributed by atoms with E-state index in [9.17, 15) is 16.8 Å². The second-order valence-electron chi connectivity index (χ2n) is 5.33. The fraction of sp³-hybridized carbons (Fsp3) is 0.286. The number of nitrogens with two attached hydrogens (primary N) is 1. The second kappa shape index (κ2) is 6.70. The standard InChI is InChI=1S/C14H18N2O4S3/c1-10(2)16-8-11-4-3-5-12(6-11)22(17,18)13-7-14(21-9-13)23(15,19)20/h3-7,9-10,16H,8H2,1-2H3,(H2,15,19,20). The van der Waals surface area contributed by atoms with Gasteiger partial charge in [0, 0.05) is 18.0 Å². The minimum atomic E-state index is -3.91. The molecule has 0 amide bonds. The molecule has 0 aliphatic rings. The van der Waals surface area contributed by atoms with Crippen molar-refractivity contribution < 1.29 is 16.8 Å². The highest BCUT2D eigenvalue weighted by Gasteiger charge is 2.22. The fourth-order valence-corrected chi connectivity index (χ4v) is 5.25. The van der Waals surface area contributed by atoms with Crippen molar-refractivity contribution in [2.75, 3.05) is 0 Å². The Morgan fingerprint density at radius 1 is 1.13 bits per heavy atom. The van der Waals surface area contributed by atoms with Crippen LogP contribution in [0.3, 0.4) is 0 Å². The monoisotopic (exact) mass is 374 g/mol. The Hall–Kier alpha value is -1.26. The molecule has 3 N–H and O–H groups in total. The molecule has 0 aliphatic heterocycles. The van der Waals surface area contributed by atoms with Crippen LogP contribution >= 0.6 is 11.3 Å². The molecule has 0 fully saturated rings. The molecular weight excluding hydrogens is 356 g/mol. The zero-order valence-electron chi connectivity index (χ0n) is 12.7. The lowest BCUT2D eigenvalue weighted by atomic mass is 10.2. The smallest absolute Gasteiger partial charge is 0.247 e. The SMILES string of the molecule is CC(C)NCc1cccc(S(=O)(=O)c2csc(S(N)(=O)=O)c2)c1. The van der Waals surface area contributed by atoms with Crippen molar-refractivity contribution in [2.24, 2.45) is 5.14 Å². The Bertz CT molecular complexity index is 900. The van der Waals surface area contributed by atoms with E-state index in [0.717, 1.165) is 23.0 Å². The summed E-state index contributed by atoms with van der Waals surface area (Å²) in [5, 5.41) is 9.53. The summed E-state index contributed by atoms with van der Waals surface area (Å²) in [6, 6.07) is 7.94. The number of sulfone groups is 1. The predicted octanol–water partition coefficient (Wildman–Crippen LogP) is 1.73. The molecule has 2 aromatic rings. The molecule has 9 heteroatoms. The third-order valence-electron chi connectivity index (χ3n) is 3.07. The summed E-state index contributed by atoms with van der Waals surface area (Å²) < 4.78 is 47.7. The molecule has 0 unspecified atom stereocenters. The predicted molar refractivity (Wildman–Crippen MR) is 89.6 cm³/mol. The highest BCUT2D eigenvalue weighted by Crippen LogP contribution is 2.28.